The normalized spacial score (nSPS) is 13.9. The van der Waals surface area contributed by atoms with Crippen LogP contribution in [0.1, 0.15) is 45.6 Å². The number of fused-ring (bicyclic) bond motifs is 1. The van der Waals surface area contributed by atoms with E-state index >= 15 is 0 Å². The SMILES string of the molecule is C[C@@H](NC(=O)c1ccc(CSc2c(Cl)ccc3c2CCNCC3)cc1F)c1ccc(F)cc1.Cl. The van der Waals surface area contributed by atoms with Gasteiger partial charge in [-0.3, -0.25) is 4.79 Å². The molecule has 0 saturated heterocycles. The summed E-state index contributed by atoms with van der Waals surface area (Å²) in [6.45, 7) is 3.64. The average Bonchev–Trinajstić information content (AvgIpc) is 3.04. The predicted molar refractivity (Wildman–Crippen MR) is 137 cm³/mol. The van der Waals surface area contributed by atoms with Gasteiger partial charge in [-0.15, -0.1) is 24.2 Å². The monoisotopic (exact) mass is 522 g/mol. The van der Waals surface area contributed by atoms with Crippen molar-refractivity contribution in [3.8, 4) is 0 Å². The van der Waals surface area contributed by atoms with E-state index in [1.54, 1.807) is 36.9 Å². The predicted octanol–water partition coefficient (Wildman–Crippen LogP) is 6.51. The minimum atomic E-state index is -0.570. The van der Waals surface area contributed by atoms with E-state index in [9.17, 15) is 13.6 Å². The molecule has 4 rings (SSSR count). The third-order valence-corrected chi connectivity index (χ3v) is 7.47. The number of rotatable bonds is 6. The number of hydrogen-bond donors (Lipinski definition) is 2. The van der Waals surface area contributed by atoms with E-state index in [1.807, 2.05) is 6.07 Å². The van der Waals surface area contributed by atoms with Gasteiger partial charge in [-0.05, 0) is 85.4 Å². The van der Waals surface area contributed by atoms with Crippen LogP contribution in [0, 0.1) is 11.6 Å². The van der Waals surface area contributed by atoms with E-state index in [0.29, 0.717) is 10.8 Å². The van der Waals surface area contributed by atoms with Crippen LogP contribution in [0.4, 0.5) is 8.78 Å². The van der Waals surface area contributed by atoms with Crippen LogP contribution in [0.5, 0.6) is 0 Å². The summed E-state index contributed by atoms with van der Waals surface area (Å²) in [5.74, 6) is -0.873. The molecule has 3 aromatic carbocycles. The molecule has 3 aromatic rings. The Balaban J connectivity index is 0.00000324. The minimum Gasteiger partial charge on any atom is -0.345 e. The van der Waals surface area contributed by atoms with Gasteiger partial charge in [-0.2, -0.15) is 0 Å². The highest BCUT2D eigenvalue weighted by Crippen LogP contribution is 2.36. The van der Waals surface area contributed by atoms with E-state index in [-0.39, 0.29) is 29.8 Å². The van der Waals surface area contributed by atoms with Crippen molar-refractivity contribution in [2.45, 2.75) is 36.5 Å². The zero-order chi connectivity index (χ0) is 23.4. The van der Waals surface area contributed by atoms with Crippen LogP contribution in [0.25, 0.3) is 0 Å². The largest absolute Gasteiger partial charge is 0.345 e. The third-order valence-electron chi connectivity index (χ3n) is 5.81. The Morgan fingerprint density at radius 3 is 2.56 bits per heavy atom. The van der Waals surface area contributed by atoms with Crippen molar-refractivity contribution in [3.05, 3.63) is 99.1 Å². The molecule has 1 aliphatic heterocycles. The molecule has 1 atom stereocenters. The van der Waals surface area contributed by atoms with Gasteiger partial charge in [-0.1, -0.05) is 35.9 Å². The van der Waals surface area contributed by atoms with Gasteiger partial charge in [0.05, 0.1) is 16.6 Å². The number of hydrogen-bond acceptors (Lipinski definition) is 3. The van der Waals surface area contributed by atoms with Gasteiger partial charge in [0.15, 0.2) is 0 Å². The molecule has 2 N–H and O–H groups in total. The number of halogens is 4. The van der Waals surface area contributed by atoms with Crippen LogP contribution < -0.4 is 10.6 Å². The van der Waals surface area contributed by atoms with Crippen LogP contribution in [0.2, 0.25) is 5.02 Å². The van der Waals surface area contributed by atoms with E-state index in [4.69, 9.17) is 11.6 Å². The molecule has 0 aromatic heterocycles. The van der Waals surface area contributed by atoms with Gasteiger partial charge in [0.25, 0.3) is 5.91 Å². The topological polar surface area (TPSA) is 41.1 Å². The molecular weight excluding hydrogens is 497 g/mol. The van der Waals surface area contributed by atoms with Crippen LogP contribution in [-0.4, -0.2) is 19.0 Å². The molecule has 3 nitrogen and oxygen atoms in total. The molecule has 8 heteroatoms. The number of carbonyl (C=O) groups excluding carboxylic acids is 1. The van der Waals surface area contributed by atoms with Crippen molar-refractivity contribution in [1.29, 1.82) is 0 Å². The number of carbonyl (C=O) groups is 1. The molecule has 1 amide bonds. The lowest BCUT2D eigenvalue weighted by Gasteiger charge is -2.16. The van der Waals surface area contributed by atoms with Crippen molar-refractivity contribution >= 4 is 41.7 Å². The molecule has 0 aliphatic carbocycles. The van der Waals surface area contributed by atoms with Crippen molar-refractivity contribution in [3.63, 3.8) is 0 Å². The molecule has 1 aliphatic rings. The van der Waals surface area contributed by atoms with Gasteiger partial charge < -0.3 is 10.6 Å². The Hall–Kier alpha value is -2.12. The molecular formula is C26H26Cl2F2N2OS. The Bertz CT molecular complexity index is 1160. The van der Waals surface area contributed by atoms with Gasteiger partial charge in [0.2, 0.25) is 0 Å². The minimum absolute atomic E-state index is 0. The quantitative estimate of drug-likeness (QED) is 0.362. The van der Waals surface area contributed by atoms with Crippen LogP contribution in [0.15, 0.2) is 59.5 Å². The second kappa shape index (κ2) is 12.0. The molecule has 0 saturated carbocycles. The average molecular weight is 523 g/mol. The zero-order valence-corrected chi connectivity index (χ0v) is 21.1. The molecule has 0 spiro atoms. The number of amides is 1. The molecule has 0 fully saturated rings. The first-order valence-electron chi connectivity index (χ1n) is 10.9. The van der Waals surface area contributed by atoms with Crippen molar-refractivity contribution in [1.82, 2.24) is 10.6 Å². The third kappa shape index (κ3) is 6.30. The number of thioether (sulfide) groups is 1. The lowest BCUT2D eigenvalue weighted by molar-refractivity contribution is 0.0936. The van der Waals surface area contributed by atoms with Gasteiger partial charge >= 0.3 is 0 Å². The fourth-order valence-electron chi connectivity index (χ4n) is 3.96. The maximum atomic E-state index is 14.8. The summed E-state index contributed by atoms with van der Waals surface area (Å²) < 4.78 is 27.9. The van der Waals surface area contributed by atoms with E-state index < -0.39 is 11.7 Å². The molecule has 180 valence electrons. The summed E-state index contributed by atoms with van der Waals surface area (Å²) >= 11 is 8.10. The summed E-state index contributed by atoms with van der Waals surface area (Å²) in [6, 6.07) is 14.2. The van der Waals surface area contributed by atoms with E-state index in [1.165, 1.54) is 35.4 Å². The second-order valence-corrected chi connectivity index (χ2v) is 9.51. The maximum absolute atomic E-state index is 14.8. The Morgan fingerprint density at radius 1 is 1.09 bits per heavy atom. The highest BCUT2D eigenvalue weighted by atomic mass is 35.5. The van der Waals surface area contributed by atoms with Gasteiger partial charge in [-0.25, -0.2) is 8.78 Å². The molecule has 0 radical (unpaired) electrons. The number of nitrogens with one attached hydrogen (secondary N) is 2. The first-order chi connectivity index (χ1) is 15.9. The van der Waals surface area contributed by atoms with E-state index in [2.05, 4.69) is 16.7 Å². The molecule has 0 bridgehead atoms. The molecule has 34 heavy (non-hydrogen) atoms. The number of benzene rings is 3. The van der Waals surface area contributed by atoms with Crippen molar-refractivity contribution in [2.24, 2.45) is 0 Å². The maximum Gasteiger partial charge on any atom is 0.254 e. The van der Waals surface area contributed by atoms with Crippen LogP contribution in [0.3, 0.4) is 0 Å². The van der Waals surface area contributed by atoms with Crippen molar-refractivity contribution < 1.29 is 13.6 Å². The summed E-state index contributed by atoms with van der Waals surface area (Å²) in [6.07, 6.45) is 1.88. The summed E-state index contributed by atoms with van der Waals surface area (Å²) in [7, 11) is 0. The fourth-order valence-corrected chi connectivity index (χ4v) is 5.41. The highest BCUT2D eigenvalue weighted by Gasteiger charge is 2.18. The second-order valence-electron chi connectivity index (χ2n) is 8.11. The van der Waals surface area contributed by atoms with Gasteiger partial charge in [0.1, 0.15) is 11.6 Å². The smallest absolute Gasteiger partial charge is 0.254 e. The summed E-state index contributed by atoms with van der Waals surface area (Å²) in [5, 5.41) is 6.89. The standard InChI is InChI=1S/C26H25ClF2N2OS.ClH/c1-16(18-3-6-20(28)7-4-18)31-26(32)22-8-2-17(14-24(22)29)15-33-25-21-11-13-30-12-10-19(21)5-9-23(25)27;/h2-9,14,16,30H,10-13,15H2,1H3,(H,31,32);1H/t16-;/m1./s1. The van der Waals surface area contributed by atoms with E-state index in [0.717, 1.165) is 42.0 Å². The van der Waals surface area contributed by atoms with Crippen LogP contribution in [-0.2, 0) is 18.6 Å². The van der Waals surface area contributed by atoms with Crippen LogP contribution >= 0.6 is 35.8 Å². The first-order valence-corrected chi connectivity index (χ1v) is 12.3. The first kappa shape index (κ1) is 26.5. The lowest BCUT2D eigenvalue weighted by atomic mass is 10.0. The molecule has 1 heterocycles. The fraction of sp³-hybridized carbons (Fsp3) is 0.269. The zero-order valence-electron chi connectivity index (χ0n) is 18.7. The Morgan fingerprint density at radius 2 is 1.82 bits per heavy atom. The lowest BCUT2D eigenvalue weighted by Crippen LogP contribution is -2.27. The summed E-state index contributed by atoms with van der Waals surface area (Å²) in [5.41, 5.74) is 4.08. The van der Waals surface area contributed by atoms with Crippen molar-refractivity contribution in [2.75, 3.05) is 13.1 Å². The van der Waals surface area contributed by atoms with Gasteiger partial charge in [0, 0.05) is 10.6 Å². The molecule has 0 unspecified atom stereocenters. The summed E-state index contributed by atoms with van der Waals surface area (Å²) in [4.78, 5) is 13.6. The Labute approximate surface area is 214 Å². The highest BCUT2D eigenvalue weighted by molar-refractivity contribution is 7.98. The Kier molecular flexibility index (Phi) is 9.37.